The molecule has 1 amide bonds. The van der Waals surface area contributed by atoms with Gasteiger partial charge in [0.1, 0.15) is 5.82 Å². The Hall–Kier alpha value is -3.14. The average Bonchev–Trinajstić information content (AvgIpc) is 2.77. The molecule has 0 saturated heterocycles. The number of esters is 1. The maximum Gasteiger partial charge on any atom is 0.338 e. The molecule has 0 fully saturated rings. The molecule has 0 aromatic heterocycles. The Kier molecular flexibility index (Phi) is 7.57. The van der Waals surface area contributed by atoms with Gasteiger partial charge in [0.15, 0.2) is 6.10 Å². The van der Waals surface area contributed by atoms with Crippen LogP contribution in [0, 0.1) is 5.82 Å². The Balaban J connectivity index is 1.69. The summed E-state index contributed by atoms with van der Waals surface area (Å²) in [6.45, 7) is 1.35. The summed E-state index contributed by atoms with van der Waals surface area (Å²) in [6, 6.07) is 14.3. The number of rotatable bonds is 7. The monoisotopic (exact) mass is 510 g/mol. The van der Waals surface area contributed by atoms with Crippen LogP contribution in [-0.4, -0.2) is 26.4 Å². The zero-order valence-electron chi connectivity index (χ0n) is 17.0. The summed E-state index contributed by atoms with van der Waals surface area (Å²) in [5, 5.41) is 3.12. The predicted molar refractivity (Wildman–Crippen MR) is 124 cm³/mol. The van der Waals surface area contributed by atoms with Crippen LogP contribution in [0.15, 0.2) is 71.6 Å². The smallest absolute Gasteiger partial charge is 0.338 e. The molecule has 0 aliphatic rings. The van der Waals surface area contributed by atoms with Crippen molar-refractivity contribution in [2.45, 2.75) is 17.9 Å². The first-order valence-corrected chi connectivity index (χ1v) is 11.6. The molecular formula is C22H17Cl2FN2O5S. The number of anilines is 2. The van der Waals surface area contributed by atoms with E-state index < -0.39 is 33.8 Å². The maximum atomic E-state index is 13.0. The Morgan fingerprint density at radius 2 is 1.70 bits per heavy atom. The van der Waals surface area contributed by atoms with Gasteiger partial charge in [-0.05, 0) is 67.6 Å². The number of hydrogen-bond donors (Lipinski definition) is 2. The number of halogens is 3. The number of ether oxygens (including phenoxy) is 1. The molecule has 0 saturated carbocycles. The molecule has 11 heteroatoms. The topological polar surface area (TPSA) is 102 Å². The Bertz CT molecular complexity index is 1300. The van der Waals surface area contributed by atoms with Gasteiger partial charge in [0.25, 0.3) is 15.9 Å². The minimum atomic E-state index is -4.06. The van der Waals surface area contributed by atoms with Crippen LogP contribution < -0.4 is 10.0 Å². The summed E-state index contributed by atoms with van der Waals surface area (Å²) in [4.78, 5) is 24.6. The van der Waals surface area contributed by atoms with E-state index in [0.717, 1.165) is 18.2 Å². The van der Waals surface area contributed by atoms with Crippen LogP contribution in [0.4, 0.5) is 15.8 Å². The highest BCUT2D eigenvalue weighted by atomic mass is 35.5. The van der Waals surface area contributed by atoms with Gasteiger partial charge >= 0.3 is 5.97 Å². The lowest BCUT2D eigenvalue weighted by atomic mass is 10.2. The Morgan fingerprint density at radius 1 is 1.00 bits per heavy atom. The van der Waals surface area contributed by atoms with Crippen molar-refractivity contribution in [3.63, 3.8) is 0 Å². The number of nitrogens with one attached hydrogen (secondary N) is 2. The maximum absolute atomic E-state index is 13.0. The van der Waals surface area contributed by atoms with Gasteiger partial charge in [0.2, 0.25) is 0 Å². The second-order valence-corrected chi connectivity index (χ2v) is 9.33. The highest BCUT2D eigenvalue weighted by molar-refractivity contribution is 7.92. The fourth-order valence-corrected chi connectivity index (χ4v) is 4.19. The standard InChI is InChI=1S/C22H17Cl2FN2O5S/c1-13(21(28)26-20-10-5-15(23)12-19(20)24)32-22(29)14-3-2-4-18(11-14)33(30,31)27-17-8-6-16(25)7-9-17/h2-13,27H,1H3,(H,26,28)/t13-/m1/s1. The summed E-state index contributed by atoms with van der Waals surface area (Å²) in [5.41, 5.74) is 0.352. The molecular weight excluding hydrogens is 494 g/mol. The highest BCUT2D eigenvalue weighted by Gasteiger charge is 2.22. The summed E-state index contributed by atoms with van der Waals surface area (Å²) >= 11 is 11.8. The molecule has 3 aromatic rings. The molecule has 33 heavy (non-hydrogen) atoms. The fourth-order valence-electron chi connectivity index (χ4n) is 2.63. The fraction of sp³-hybridized carbons (Fsp3) is 0.0909. The van der Waals surface area contributed by atoms with Crippen molar-refractivity contribution >= 4 is 56.5 Å². The minimum absolute atomic E-state index is 0.0823. The molecule has 0 radical (unpaired) electrons. The molecule has 0 aliphatic carbocycles. The third-order valence-electron chi connectivity index (χ3n) is 4.32. The van der Waals surface area contributed by atoms with Gasteiger partial charge < -0.3 is 10.1 Å². The first-order valence-electron chi connectivity index (χ1n) is 9.40. The third-order valence-corrected chi connectivity index (χ3v) is 6.25. The van der Waals surface area contributed by atoms with Crippen LogP contribution >= 0.6 is 23.2 Å². The summed E-state index contributed by atoms with van der Waals surface area (Å²) in [5.74, 6) is -2.06. The lowest BCUT2D eigenvalue weighted by Crippen LogP contribution is -2.30. The molecule has 1 atom stereocenters. The van der Waals surface area contributed by atoms with Crippen molar-refractivity contribution in [2.75, 3.05) is 10.0 Å². The van der Waals surface area contributed by atoms with Crippen molar-refractivity contribution in [3.05, 3.63) is 88.2 Å². The summed E-state index contributed by atoms with van der Waals surface area (Å²) in [6.07, 6.45) is -1.21. The number of sulfonamides is 1. The van der Waals surface area contributed by atoms with Crippen LogP contribution in [0.3, 0.4) is 0 Å². The molecule has 2 N–H and O–H groups in total. The van der Waals surface area contributed by atoms with E-state index >= 15 is 0 Å². The summed E-state index contributed by atoms with van der Waals surface area (Å²) < 4.78 is 45.7. The van der Waals surface area contributed by atoms with Crippen LogP contribution in [0.5, 0.6) is 0 Å². The van der Waals surface area contributed by atoms with Crippen LogP contribution in [0.1, 0.15) is 17.3 Å². The molecule has 0 aliphatic heterocycles. The predicted octanol–water partition coefficient (Wildman–Crippen LogP) is 5.12. The van der Waals surface area contributed by atoms with Crippen molar-refractivity contribution < 1.29 is 27.1 Å². The lowest BCUT2D eigenvalue weighted by molar-refractivity contribution is -0.123. The van der Waals surface area contributed by atoms with E-state index in [0.29, 0.717) is 5.02 Å². The Morgan fingerprint density at radius 3 is 2.36 bits per heavy atom. The van der Waals surface area contributed by atoms with Gasteiger partial charge in [-0.15, -0.1) is 0 Å². The van der Waals surface area contributed by atoms with Crippen molar-refractivity contribution in [1.82, 2.24) is 0 Å². The first-order chi connectivity index (χ1) is 15.5. The van der Waals surface area contributed by atoms with E-state index in [1.807, 2.05) is 0 Å². The number of carbonyl (C=O) groups is 2. The van der Waals surface area contributed by atoms with Crippen molar-refractivity contribution in [3.8, 4) is 0 Å². The SMILES string of the molecule is C[C@@H](OC(=O)c1cccc(S(=O)(=O)Nc2ccc(F)cc2)c1)C(=O)Nc1ccc(Cl)cc1Cl. The van der Waals surface area contributed by atoms with E-state index in [4.69, 9.17) is 27.9 Å². The first kappa shape index (κ1) is 24.5. The van der Waals surface area contributed by atoms with Crippen LogP contribution in [0.2, 0.25) is 10.0 Å². The van der Waals surface area contributed by atoms with Crippen LogP contribution in [0.25, 0.3) is 0 Å². The summed E-state index contributed by atoms with van der Waals surface area (Å²) in [7, 11) is -4.06. The van der Waals surface area contributed by atoms with Gasteiger partial charge in [0, 0.05) is 10.7 Å². The van der Waals surface area contributed by atoms with E-state index in [1.54, 1.807) is 0 Å². The molecule has 3 rings (SSSR count). The second-order valence-electron chi connectivity index (χ2n) is 6.80. The molecule has 0 bridgehead atoms. The quantitative estimate of drug-likeness (QED) is 0.429. The number of amides is 1. The molecule has 0 heterocycles. The zero-order chi connectivity index (χ0) is 24.2. The van der Waals surface area contributed by atoms with Gasteiger partial charge in [-0.2, -0.15) is 0 Å². The minimum Gasteiger partial charge on any atom is -0.449 e. The lowest BCUT2D eigenvalue weighted by Gasteiger charge is -2.15. The molecule has 172 valence electrons. The van der Waals surface area contributed by atoms with E-state index in [2.05, 4.69) is 10.0 Å². The molecule has 3 aromatic carbocycles. The van der Waals surface area contributed by atoms with Gasteiger partial charge in [-0.1, -0.05) is 29.3 Å². The molecule has 0 unspecified atom stereocenters. The third kappa shape index (κ3) is 6.44. The van der Waals surface area contributed by atoms with Crippen molar-refractivity contribution in [2.24, 2.45) is 0 Å². The normalized spacial score (nSPS) is 12.0. The van der Waals surface area contributed by atoms with Gasteiger partial charge in [-0.25, -0.2) is 17.6 Å². The van der Waals surface area contributed by atoms with Gasteiger partial charge in [0.05, 0.1) is 21.2 Å². The number of carbonyl (C=O) groups excluding carboxylic acids is 2. The average molecular weight is 511 g/mol. The van der Waals surface area contributed by atoms with Crippen LogP contribution in [-0.2, 0) is 19.6 Å². The number of benzene rings is 3. The number of hydrogen-bond acceptors (Lipinski definition) is 5. The Labute approximate surface area is 199 Å². The molecule has 7 nitrogen and oxygen atoms in total. The van der Waals surface area contributed by atoms with E-state index in [9.17, 15) is 22.4 Å². The van der Waals surface area contributed by atoms with Crippen molar-refractivity contribution in [1.29, 1.82) is 0 Å². The largest absolute Gasteiger partial charge is 0.449 e. The van der Waals surface area contributed by atoms with Gasteiger partial charge in [-0.3, -0.25) is 9.52 Å². The van der Waals surface area contributed by atoms with E-state index in [-0.39, 0.29) is 26.9 Å². The molecule has 0 spiro atoms. The zero-order valence-corrected chi connectivity index (χ0v) is 19.3. The van der Waals surface area contributed by atoms with E-state index in [1.165, 1.54) is 55.5 Å². The second kappa shape index (κ2) is 10.2. The highest BCUT2D eigenvalue weighted by Crippen LogP contribution is 2.25.